The number of amides is 1. The lowest BCUT2D eigenvalue weighted by Gasteiger charge is -2.35. The first-order chi connectivity index (χ1) is 16.1. The highest BCUT2D eigenvalue weighted by Gasteiger charge is 2.43. The molecule has 1 amide bonds. The third kappa shape index (κ3) is 6.53. The molecule has 0 atom stereocenters. The molecule has 2 aliphatic heterocycles. The van der Waals surface area contributed by atoms with Crippen molar-refractivity contribution >= 4 is 21.9 Å². The second kappa shape index (κ2) is 10.3. The highest BCUT2D eigenvalue weighted by atomic mass is 32.2. The van der Waals surface area contributed by atoms with Crippen molar-refractivity contribution in [1.82, 2.24) is 14.2 Å². The van der Waals surface area contributed by atoms with Gasteiger partial charge in [-0.3, -0.25) is 0 Å². The lowest BCUT2D eigenvalue weighted by atomic mass is 9.98. The van der Waals surface area contributed by atoms with Gasteiger partial charge < -0.3 is 19.3 Å². The van der Waals surface area contributed by atoms with E-state index in [-0.39, 0.29) is 23.4 Å². The van der Waals surface area contributed by atoms with E-state index in [4.69, 9.17) is 9.47 Å². The van der Waals surface area contributed by atoms with Gasteiger partial charge in [0.1, 0.15) is 17.2 Å². The number of likely N-dealkylation sites (tertiary alicyclic amines) is 1. The molecule has 34 heavy (non-hydrogen) atoms. The fourth-order valence-electron chi connectivity index (χ4n) is 4.42. The fourth-order valence-corrected chi connectivity index (χ4v) is 6.19. The molecule has 1 saturated carbocycles. The number of anilines is 1. The Kier molecular flexibility index (Phi) is 7.57. The van der Waals surface area contributed by atoms with E-state index in [0.717, 1.165) is 37.3 Å². The van der Waals surface area contributed by atoms with Gasteiger partial charge in [-0.2, -0.15) is 4.31 Å². The quantitative estimate of drug-likeness (QED) is 0.549. The van der Waals surface area contributed by atoms with E-state index in [0.29, 0.717) is 51.8 Å². The minimum atomic E-state index is -3.19. The van der Waals surface area contributed by atoms with Crippen LogP contribution in [-0.4, -0.2) is 85.9 Å². The number of carbonyl (C=O) groups excluding carboxylic acids is 1. The average molecular weight is 495 g/mol. The van der Waals surface area contributed by atoms with Gasteiger partial charge in [0.25, 0.3) is 0 Å². The van der Waals surface area contributed by atoms with E-state index in [1.54, 1.807) is 10.5 Å². The number of hydrogen-bond donors (Lipinski definition) is 0. The fraction of sp³-hybridized carbons (Fsp3) is 0.750. The van der Waals surface area contributed by atoms with Crippen molar-refractivity contribution in [1.29, 1.82) is 0 Å². The minimum Gasteiger partial charge on any atom is -0.492 e. The monoisotopic (exact) mass is 494 g/mol. The van der Waals surface area contributed by atoms with E-state index < -0.39 is 10.0 Å². The van der Waals surface area contributed by atoms with Crippen LogP contribution in [0.4, 0.5) is 10.6 Å². The van der Waals surface area contributed by atoms with Crippen LogP contribution in [0.1, 0.15) is 46.5 Å². The second-order valence-electron chi connectivity index (χ2n) is 10.5. The number of aromatic nitrogens is 1. The molecule has 0 aromatic carbocycles. The number of piperidine rings is 1. The largest absolute Gasteiger partial charge is 0.492 e. The Morgan fingerprint density at radius 2 is 1.79 bits per heavy atom. The predicted molar refractivity (Wildman–Crippen MR) is 131 cm³/mol. The Morgan fingerprint density at radius 3 is 2.35 bits per heavy atom. The van der Waals surface area contributed by atoms with Gasteiger partial charge in [-0.25, -0.2) is 18.2 Å². The van der Waals surface area contributed by atoms with Crippen LogP contribution in [-0.2, 0) is 14.8 Å². The van der Waals surface area contributed by atoms with Crippen LogP contribution >= 0.6 is 0 Å². The van der Waals surface area contributed by atoms with Gasteiger partial charge in [-0.15, -0.1) is 0 Å². The number of nitrogens with zero attached hydrogens (tertiary/aromatic N) is 4. The van der Waals surface area contributed by atoms with Crippen LogP contribution in [0, 0.1) is 11.8 Å². The first kappa shape index (κ1) is 25.0. The maximum Gasteiger partial charge on any atom is 0.410 e. The summed E-state index contributed by atoms with van der Waals surface area (Å²) in [5, 5.41) is 0. The summed E-state index contributed by atoms with van der Waals surface area (Å²) in [6.45, 7) is 10.1. The van der Waals surface area contributed by atoms with Gasteiger partial charge in [-0.1, -0.05) is 13.8 Å². The summed E-state index contributed by atoms with van der Waals surface area (Å²) in [4.78, 5) is 20.7. The first-order valence-electron chi connectivity index (χ1n) is 12.4. The normalized spacial score (nSPS) is 21.5. The molecule has 9 nitrogen and oxygen atoms in total. The predicted octanol–water partition coefficient (Wildman–Crippen LogP) is 2.97. The van der Waals surface area contributed by atoms with Gasteiger partial charge in [0.05, 0.1) is 18.6 Å². The Bertz CT molecular complexity index is 933. The molecule has 0 spiro atoms. The summed E-state index contributed by atoms with van der Waals surface area (Å²) in [5.74, 6) is 2.29. The average Bonchev–Trinajstić information content (AvgIpc) is 3.54. The van der Waals surface area contributed by atoms with E-state index in [1.807, 2.05) is 37.8 Å². The van der Waals surface area contributed by atoms with Crippen molar-refractivity contribution in [2.75, 3.05) is 56.5 Å². The van der Waals surface area contributed by atoms with Gasteiger partial charge in [-0.05, 0) is 56.6 Å². The van der Waals surface area contributed by atoms with E-state index >= 15 is 0 Å². The highest BCUT2D eigenvalue weighted by Crippen LogP contribution is 2.39. The van der Waals surface area contributed by atoms with E-state index in [1.165, 1.54) is 0 Å². The van der Waals surface area contributed by atoms with E-state index in [2.05, 4.69) is 9.88 Å². The number of rotatable bonds is 8. The zero-order valence-electron chi connectivity index (χ0n) is 20.6. The summed E-state index contributed by atoms with van der Waals surface area (Å²) in [7, 11) is -3.19. The summed E-state index contributed by atoms with van der Waals surface area (Å²) >= 11 is 0. The van der Waals surface area contributed by atoms with Gasteiger partial charge in [0, 0.05) is 39.3 Å². The molecule has 1 aliphatic carbocycles. The van der Waals surface area contributed by atoms with Crippen LogP contribution in [0.5, 0.6) is 5.75 Å². The first-order valence-corrected chi connectivity index (χ1v) is 14.0. The standard InChI is InChI=1S/C24H38N4O5S/c1-19(2)18-34(30,31)28-14-12-26(13-15-28)22-5-4-21(16-25-22)32-17-20-6-10-27(11-7-20)23(29)33-24(3)8-9-24/h4-5,16,19-20H,6-15,17-18H2,1-3H3. The SMILES string of the molecule is CC(C)CS(=O)(=O)N1CCN(c2ccc(OCC3CCN(C(=O)OC4(C)CC4)CC3)cn2)CC1. The number of hydrogen-bond acceptors (Lipinski definition) is 7. The van der Waals surface area contributed by atoms with E-state index in [9.17, 15) is 13.2 Å². The molecule has 0 N–H and O–H groups in total. The summed E-state index contributed by atoms with van der Waals surface area (Å²) in [5.41, 5.74) is -0.227. The molecule has 3 fully saturated rings. The Balaban J connectivity index is 1.18. The third-order valence-electron chi connectivity index (χ3n) is 6.87. The van der Waals surface area contributed by atoms with Gasteiger partial charge >= 0.3 is 6.09 Å². The van der Waals surface area contributed by atoms with Crippen molar-refractivity contribution < 1.29 is 22.7 Å². The van der Waals surface area contributed by atoms with Crippen molar-refractivity contribution in [2.45, 2.75) is 52.1 Å². The molecule has 3 aliphatic rings. The molecule has 3 heterocycles. The van der Waals surface area contributed by atoms with Crippen molar-refractivity contribution in [3.63, 3.8) is 0 Å². The van der Waals surface area contributed by atoms with Crippen LogP contribution in [0.2, 0.25) is 0 Å². The summed E-state index contributed by atoms with van der Waals surface area (Å²) in [6.07, 6.45) is 5.29. The van der Waals surface area contributed by atoms with Crippen LogP contribution in [0.15, 0.2) is 18.3 Å². The molecule has 4 rings (SSSR count). The maximum atomic E-state index is 12.4. The summed E-state index contributed by atoms with van der Waals surface area (Å²) < 4.78 is 38.0. The molecule has 1 aromatic rings. The Morgan fingerprint density at radius 1 is 1.12 bits per heavy atom. The molecule has 1 aromatic heterocycles. The minimum absolute atomic E-state index is 0.122. The van der Waals surface area contributed by atoms with Crippen molar-refractivity contribution in [3.8, 4) is 5.75 Å². The van der Waals surface area contributed by atoms with Crippen LogP contribution in [0.3, 0.4) is 0 Å². The molecule has 2 saturated heterocycles. The smallest absolute Gasteiger partial charge is 0.410 e. The number of pyridine rings is 1. The molecule has 0 radical (unpaired) electrons. The second-order valence-corrected chi connectivity index (χ2v) is 12.5. The van der Waals surface area contributed by atoms with Crippen molar-refractivity contribution in [2.24, 2.45) is 11.8 Å². The van der Waals surface area contributed by atoms with Gasteiger partial charge in [0.15, 0.2) is 0 Å². The summed E-state index contributed by atoms with van der Waals surface area (Å²) in [6, 6.07) is 3.86. The molecule has 0 bridgehead atoms. The highest BCUT2D eigenvalue weighted by molar-refractivity contribution is 7.89. The lowest BCUT2D eigenvalue weighted by molar-refractivity contribution is 0.0456. The molecule has 0 unspecified atom stereocenters. The van der Waals surface area contributed by atoms with Crippen LogP contribution < -0.4 is 9.64 Å². The Hall–Kier alpha value is -2.07. The molecular formula is C24H38N4O5S. The lowest BCUT2D eigenvalue weighted by Crippen LogP contribution is -2.49. The molecule has 190 valence electrons. The van der Waals surface area contributed by atoms with Gasteiger partial charge in [0.2, 0.25) is 10.0 Å². The number of sulfonamides is 1. The van der Waals surface area contributed by atoms with Crippen LogP contribution in [0.25, 0.3) is 0 Å². The molecular weight excluding hydrogens is 456 g/mol. The topological polar surface area (TPSA) is 92.3 Å². The Labute approximate surface area is 203 Å². The zero-order valence-corrected chi connectivity index (χ0v) is 21.4. The number of ether oxygens (including phenoxy) is 2. The zero-order chi connectivity index (χ0) is 24.3. The number of piperazine rings is 1. The molecule has 10 heteroatoms. The maximum absolute atomic E-state index is 12.4. The third-order valence-corrected chi connectivity index (χ3v) is 9.11. The van der Waals surface area contributed by atoms with Crippen molar-refractivity contribution in [3.05, 3.63) is 18.3 Å². The number of carbonyl (C=O) groups is 1.